The van der Waals surface area contributed by atoms with E-state index in [-0.39, 0.29) is 18.3 Å². The van der Waals surface area contributed by atoms with Gasteiger partial charge in [0.15, 0.2) is 23.9 Å². The van der Waals surface area contributed by atoms with Crippen molar-refractivity contribution in [3.05, 3.63) is 52.5 Å². The van der Waals surface area contributed by atoms with Crippen molar-refractivity contribution in [3.8, 4) is 11.5 Å². The maximum Gasteiger partial charge on any atom is 0.264 e. The second-order valence-corrected chi connectivity index (χ2v) is 7.68. The summed E-state index contributed by atoms with van der Waals surface area (Å²) < 4.78 is 12.0. The van der Waals surface area contributed by atoms with Crippen LogP contribution >= 0.6 is 15.9 Å². The van der Waals surface area contributed by atoms with E-state index in [1.165, 1.54) is 14.0 Å². The van der Waals surface area contributed by atoms with Gasteiger partial charge >= 0.3 is 0 Å². The molecule has 6 nitrogen and oxygen atoms in total. The lowest BCUT2D eigenvalue weighted by atomic mass is 10.1. The first kappa shape index (κ1) is 23.9. The van der Waals surface area contributed by atoms with Crippen LogP contribution in [0.1, 0.15) is 31.1 Å². The number of hydrogen-bond acceptors (Lipinski definition) is 5. The Labute approximate surface area is 186 Å². The van der Waals surface area contributed by atoms with E-state index in [1.807, 2.05) is 24.3 Å². The molecular weight excluding hydrogens is 448 g/mol. The Hall–Kier alpha value is -2.38. The summed E-state index contributed by atoms with van der Waals surface area (Å²) >= 11 is 3.48. The molecule has 7 heteroatoms. The molecular formula is C23H29BrN2O4. The fourth-order valence-electron chi connectivity index (χ4n) is 3.05. The van der Waals surface area contributed by atoms with Gasteiger partial charge in [0.1, 0.15) is 0 Å². The fourth-order valence-corrected chi connectivity index (χ4v) is 3.43. The molecule has 0 aromatic heterocycles. The summed E-state index contributed by atoms with van der Waals surface area (Å²) in [5, 5.41) is 0. The van der Waals surface area contributed by atoms with Gasteiger partial charge < -0.3 is 19.3 Å². The number of halogens is 1. The number of amides is 1. The van der Waals surface area contributed by atoms with Crippen LogP contribution in [0.4, 0.5) is 5.69 Å². The molecule has 30 heavy (non-hydrogen) atoms. The minimum absolute atomic E-state index is 0.0619. The molecule has 2 rings (SSSR count). The number of ketones is 1. The molecule has 2 aromatic carbocycles. The zero-order chi connectivity index (χ0) is 22.1. The number of ether oxygens (including phenoxy) is 2. The van der Waals surface area contributed by atoms with Gasteiger partial charge in [0, 0.05) is 28.8 Å². The molecule has 0 saturated heterocycles. The van der Waals surface area contributed by atoms with Crippen molar-refractivity contribution in [3.63, 3.8) is 0 Å². The summed E-state index contributed by atoms with van der Waals surface area (Å²) in [7, 11) is 1.51. The Kier molecular flexibility index (Phi) is 9.33. The minimum atomic E-state index is -0.155. The van der Waals surface area contributed by atoms with E-state index < -0.39 is 0 Å². The topological polar surface area (TPSA) is 59.1 Å². The largest absolute Gasteiger partial charge is 0.493 e. The Bertz CT molecular complexity index is 868. The monoisotopic (exact) mass is 476 g/mol. The first-order valence-electron chi connectivity index (χ1n) is 9.99. The molecule has 0 spiro atoms. The molecule has 1 amide bonds. The Morgan fingerprint density at radius 1 is 1.00 bits per heavy atom. The summed E-state index contributed by atoms with van der Waals surface area (Å²) in [6.07, 6.45) is 0. The van der Waals surface area contributed by atoms with E-state index in [4.69, 9.17) is 9.47 Å². The number of carbonyl (C=O) groups excluding carboxylic acids is 2. The third kappa shape index (κ3) is 6.57. The normalized spacial score (nSPS) is 10.7. The summed E-state index contributed by atoms with van der Waals surface area (Å²) in [5.41, 5.74) is 1.34. The zero-order valence-corrected chi connectivity index (χ0v) is 19.6. The summed E-state index contributed by atoms with van der Waals surface area (Å²) in [5.74, 6) is 0.632. The number of anilines is 1. The van der Waals surface area contributed by atoms with E-state index in [0.717, 1.165) is 29.8 Å². The average Bonchev–Trinajstić information content (AvgIpc) is 2.75. The molecule has 0 N–H and O–H groups in total. The Balaban J connectivity index is 2.16. The van der Waals surface area contributed by atoms with E-state index in [2.05, 4.69) is 34.7 Å². The van der Waals surface area contributed by atoms with Crippen LogP contribution in [0.3, 0.4) is 0 Å². The van der Waals surface area contributed by atoms with Crippen LogP contribution < -0.4 is 14.4 Å². The smallest absolute Gasteiger partial charge is 0.264 e. The molecule has 0 aliphatic rings. The van der Waals surface area contributed by atoms with Gasteiger partial charge in [0.2, 0.25) is 0 Å². The highest BCUT2D eigenvalue weighted by atomic mass is 79.9. The van der Waals surface area contributed by atoms with Crippen LogP contribution in [0.2, 0.25) is 0 Å². The van der Waals surface area contributed by atoms with Crippen LogP contribution in [0, 0.1) is 0 Å². The van der Waals surface area contributed by atoms with E-state index >= 15 is 0 Å². The molecule has 162 valence electrons. The van der Waals surface area contributed by atoms with Crippen molar-refractivity contribution >= 4 is 33.3 Å². The van der Waals surface area contributed by atoms with Gasteiger partial charge in [-0.1, -0.05) is 35.8 Å². The standard InChI is InChI=1S/C23H29BrN2O4/c1-5-25(6-2)12-13-26(20-9-7-8-19(24)15-20)23(28)16-30-21-11-10-18(17(3)27)14-22(21)29-4/h7-11,14-15H,5-6,12-13,16H2,1-4H3. The fraction of sp³-hybridized carbons (Fsp3) is 0.391. The maximum atomic E-state index is 13.1. The number of hydrogen-bond donors (Lipinski definition) is 0. The first-order chi connectivity index (χ1) is 14.4. The van der Waals surface area contributed by atoms with E-state index in [9.17, 15) is 9.59 Å². The molecule has 0 bridgehead atoms. The molecule has 0 unspecified atom stereocenters. The highest BCUT2D eigenvalue weighted by Crippen LogP contribution is 2.28. The summed E-state index contributed by atoms with van der Waals surface area (Å²) in [6.45, 7) is 8.73. The van der Waals surface area contributed by atoms with E-state index in [1.54, 1.807) is 23.1 Å². The number of likely N-dealkylation sites (N-methyl/N-ethyl adjacent to an activating group) is 1. The average molecular weight is 477 g/mol. The molecule has 0 fully saturated rings. The van der Waals surface area contributed by atoms with Crippen molar-refractivity contribution < 1.29 is 19.1 Å². The highest BCUT2D eigenvalue weighted by Gasteiger charge is 2.19. The third-order valence-electron chi connectivity index (χ3n) is 4.88. The van der Waals surface area contributed by atoms with Gasteiger partial charge in [-0.2, -0.15) is 0 Å². The molecule has 0 saturated carbocycles. The van der Waals surface area contributed by atoms with Crippen molar-refractivity contribution in [2.24, 2.45) is 0 Å². The van der Waals surface area contributed by atoms with Crippen molar-refractivity contribution in [2.75, 3.05) is 44.8 Å². The van der Waals surface area contributed by atoms with Crippen LogP contribution in [0.25, 0.3) is 0 Å². The number of nitrogens with zero attached hydrogens (tertiary/aromatic N) is 2. The zero-order valence-electron chi connectivity index (χ0n) is 18.0. The van der Waals surface area contributed by atoms with Crippen molar-refractivity contribution in [1.29, 1.82) is 0 Å². The first-order valence-corrected chi connectivity index (χ1v) is 10.8. The van der Waals surface area contributed by atoms with Gasteiger partial charge in [-0.15, -0.1) is 0 Å². The van der Waals surface area contributed by atoms with Gasteiger partial charge in [0.25, 0.3) is 5.91 Å². The number of rotatable bonds is 11. The van der Waals surface area contributed by atoms with Gasteiger partial charge in [-0.3, -0.25) is 9.59 Å². The predicted molar refractivity (Wildman–Crippen MR) is 123 cm³/mol. The van der Waals surface area contributed by atoms with Crippen LogP contribution in [-0.2, 0) is 4.79 Å². The Morgan fingerprint density at radius 2 is 1.73 bits per heavy atom. The maximum absolute atomic E-state index is 13.1. The number of methoxy groups -OCH3 is 1. The molecule has 0 aliphatic heterocycles. The number of benzene rings is 2. The lowest BCUT2D eigenvalue weighted by Crippen LogP contribution is -2.41. The summed E-state index contributed by atoms with van der Waals surface area (Å²) in [4.78, 5) is 28.6. The molecule has 0 aliphatic carbocycles. The highest BCUT2D eigenvalue weighted by molar-refractivity contribution is 9.10. The van der Waals surface area contributed by atoms with Crippen molar-refractivity contribution in [1.82, 2.24) is 4.90 Å². The lowest BCUT2D eigenvalue weighted by Gasteiger charge is -2.27. The second kappa shape index (κ2) is 11.7. The van der Waals surface area contributed by atoms with Gasteiger partial charge in [-0.25, -0.2) is 0 Å². The summed E-state index contributed by atoms with van der Waals surface area (Å²) in [6, 6.07) is 12.6. The number of Topliss-reactive ketones (excluding diaryl/α,β-unsaturated/α-hetero) is 1. The predicted octanol–water partition coefficient (Wildman–Crippen LogP) is 4.41. The minimum Gasteiger partial charge on any atom is -0.493 e. The quantitative estimate of drug-likeness (QED) is 0.449. The number of carbonyl (C=O) groups is 2. The third-order valence-corrected chi connectivity index (χ3v) is 5.37. The van der Waals surface area contributed by atoms with E-state index in [0.29, 0.717) is 23.6 Å². The van der Waals surface area contributed by atoms with Gasteiger partial charge in [-0.05, 0) is 56.4 Å². The van der Waals surface area contributed by atoms with Crippen LogP contribution in [0.15, 0.2) is 46.9 Å². The molecule has 2 aromatic rings. The van der Waals surface area contributed by atoms with Crippen LogP contribution in [0.5, 0.6) is 11.5 Å². The lowest BCUT2D eigenvalue weighted by molar-refractivity contribution is -0.120. The molecule has 0 atom stereocenters. The SMILES string of the molecule is CCN(CC)CCN(C(=O)COc1ccc(C(C)=O)cc1OC)c1cccc(Br)c1. The van der Waals surface area contributed by atoms with Gasteiger partial charge in [0.05, 0.1) is 7.11 Å². The second-order valence-electron chi connectivity index (χ2n) is 6.76. The Morgan fingerprint density at radius 3 is 2.33 bits per heavy atom. The van der Waals surface area contributed by atoms with Crippen molar-refractivity contribution in [2.45, 2.75) is 20.8 Å². The molecule has 0 radical (unpaired) electrons. The van der Waals surface area contributed by atoms with Crippen LogP contribution in [-0.4, -0.2) is 56.5 Å². The molecule has 0 heterocycles.